The smallest absolute Gasteiger partial charge is 0.274 e. The number of aromatic nitrogens is 2. The molecule has 1 aliphatic rings. The normalized spacial score (nSPS) is 13.7. The van der Waals surface area contributed by atoms with Gasteiger partial charge in [-0.2, -0.15) is 5.10 Å². The number of benzene rings is 2. The number of carbonyl (C=O) groups is 1. The Morgan fingerprint density at radius 2 is 1.81 bits per heavy atom. The number of rotatable bonds is 8. The van der Waals surface area contributed by atoms with E-state index in [2.05, 4.69) is 20.7 Å². The van der Waals surface area contributed by atoms with E-state index in [0.29, 0.717) is 11.4 Å². The van der Waals surface area contributed by atoms with Crippen molar-refractivity contribution in [3.05, 3.63) is 76.3 Å². The lowest BCUT2D eigenvalue weighted by Crippen LogP contribution is -2.30. The lowest BCUT2D eigenvalue weighted by molar-refractivity contribution is 0.0962. The van der Waals surface area contributed by atoms with E-state index in [9.17, 15) is 17.6 Å². The first-order chi connectivity index (χ1) is 15.2. The van der Waals surface area contributed by atoms with Crippen molar-refractivity contribution >= 4 is 33.2 Å². The fourth-order valence-corrected chi connectivity index (χ4v) is 4.70. The van der Waals surface area contributed by atoms with Gasteiger partial charge in [0.1, 0.15) is 16.5 Å². The van der Waals surface area contributed by atoms with E-state index in [4.69, 9.17) is 11.6 Å². The maximum atomic E-state index is 13.1. The molecule has 0 saturated heterocycles. The van der Waals surface area contributed by atoms with Crippen molar-refractivity contribution in [3.63, 3.8) is 0 Å². The summed E-state index contributed by atoms with van der Waals surface area (Å²) >= 11 is 6.37. The molecule has 2 aromatic carbocycles. The van der Waals surface area contributed by atoms with Gasteiger partial charge in [-0.3, -0.25) is 15.6 Å². The molecule has 1 fully saturated rings. The quantitative estimate of drug-likeness (QED) is 0.432. The average Bonchev–Trinajstić information content (AvgIpc) is 3.52. The number of anilines is 1. The Morgan fingerprint density at radius 1 is 1.16 bits per heavy atom. The molecule has 0 radical (unpaired) electrons. The van der Waals surface area contributed by atoms with Crippen LogP contribution in [-0.4, -0.2) is 30.1 Å². The standard InChI is InChI=1S/C21H21ClFN5O3S/c1-13-19(20(22)28(26-13)12-14-2-4-15(23)5-3-14)21(29)25-24-16-8-10-18(11-9-16)32(30,31)27-17-6-7-17/h2-5,8-11,17,24,27H,6-7,12H2,1H3,(H,25,29). The van der Waals surface area contributed by atoms with Crippen LogP contribution in [0.25, 0.3) is 0 Å². The van der Waals surface area contributed by atoms with Crippen LogP contribution in [0.2, 0.25) is 5.15 Å². The lowest BCUT2D eigenvalue weighted by Gasteiger charge is -2.10. The summed E-state index contributed by atoms with van der Waals surface area (Å²) in [4.78, 5) is 12.8. The van der Waals surface area contributed by atoms with Crippen molar-refractivity contribution in [1.82, 2.24) is 19.9 Å². The van der Waals surface area contributed by atoms with Crippen LogP contribution in [0, 0.1) is 12.7 Å². The van der Waals surface area contributed by atoms with Crippen LogP contribution in [0.15, 0.2) is 53.4 Å². The average molecular weight is 478 g/mol. The predicted octanol–water partition coefficient (Wildman–Crippen LogP) is 3.23. The molecular formula is C21H21ClFN5O3S. The monoisotopic (exact) mass is 477 g/mol. The topological polar surface area (TPSA) is 105 Å². The van der Waals surface area contributed by atoms with Crippen LogP contribution in [-0.2, 0) is 16.6 Å². The lowest BCUT2D eigenvalue weighted by atomic mass is 10.2. The van der Waals surface area contributed by atoms with Crippen molar-refractivity contribution in [2.45, 2.75) is 37.2 Å². The largest absolute Gasteiger partial charge is 0.298 e. The van der Waals surface area contributed by atoms with E-state index in [1.165, 1.54) is 28.9 Å². The molecule has 0 aliphatic heterocycles. The Kier molecular flexibility index (Phi) is 6.18. The van der Waals surface area contributed by atoms with Gasteiger partial charge in [-0.05, 0) is 61.7 Å². The first-order valence-corrected chi connectivity index (χ1v) is 11.7. The van der Waals surface area contributed by atoms with Gasteiger partial charge in [0.2, 0.25) is 10.0 Å². The molecule has 32 heavy (non-hydrogen) atoms. The Bertz CT molecular complexity index is 1240. The molecule has 3 N–H and O–H groups in total. The van der Waals surface area contributed by atoms with E-state index < -0.39 is 15.9 Å². The second-order valence-corrected chi connectivity index (χ2v) is 9.61. The molecule has 1 aliphatic carbocycles. The molecule has 1 heterocycles. The zero-order valence-corrected chi connectivity index (χ0v) is 18.7. The first-order valence-electron chi connectivity index (χ1n) is 9.89. The predicted molar refractivity (Wildman–Crippen MR) is 118 cm³/mol. The van der Waals surface area contributed by atoms with E-state index in [1.54, 1.807) is 31.2 Å². The zero-order valence-electron chi connectivity index (χ0n) is 17.1. The van der Waals surface area contributed by atoms with E-state index in [0.717, 1.165) is 18.4 Å². The summed E-state index contributed by atoms with van der Waals surface area (Å²) in [5.41, 5.74) is 7.20. The highest BCUT2D eigenvalue weighted by Crippen LogP contribution is 2.23. The third-order valence-corrected chi connectivity index (χ3v) is 6.84. The fourth-order valence-electron chi connectivity index (χ4n) is 3.08. The maximum Gasteiger partial charge on any atom is 0.274 e. The number of amides is 1. The highest BCUT2D eigenvalue weighted by Gasteiger charge is 2.28. The highest BCUT2D eigenvalue weighted by atomic mass is 35.5. The second-order valence-electron chi connectivity index (χ2n) is 7.53. The molecule has 0 bridgehead atoms. The van der Waals surface area contributed by atoms with Crippen LogP contribution in [0.4, 0.5) is 10.1 Å². The van der Waals surface area contributed by atoms with Crippen molar-refractivity contribution < 1.29 is 17.6 Å². The number of halogens is 2. The fraction of sp³-hybridized carbons (Fsp3) is 0.238. The molecule has 8 nitrogen and oxygen atoms in total. The molecule has 1 aromatic heterocycles. The van der Waals surface area contributed by atoms with Crippen LogP contribution in [0.3, 0.4) is 0 Å². The molecule has 0 atom stereocenters. The summed E-state index contributed by atoms with van der Waals surface area (Å²) in [6.07, 6.45) is 1.71. The molecule has 11 heteroatoms. The van der Waals surface area contributed by atoms with Gasteiger partial charge >= 0.3 is 0 Å². The number of sulfonamides is 1. The summed E-state index contributed by atoms with van der Waals surface area (Å²) in [7, 11) is -3.54. The Balaban J connectivity index is 1.40. The zero-order chi connectivity index (χ0) is 22.9. The number of aryl methyl sites for hydroxylation is 1. The van der Waals surface area contributed by atoms with Gasteiger partial charge in [0.15, 0.2) is 0 Å². The maximum absolute atomic E-state index is 13.1. The van der Waals surface area contributed by atoms with E-state index >= 15 is 0 Å². The summed E-state index contributed by atoms with van der Waals surface area (Å²) < 4.78 is 41.6. The molecule has 0 unspecified atom stereocenters. The van der Waals surface area contributed by atoms with Crippen molar-refractivity contribution in [2.24, 2.45) is 0 Å². The van der Waals surface area contributed by atoms with E-state index in [-0.39, 0.29) is 34.0 Å². The molecule has 1 amide bonds. The molecular weight excluding hydrogens is 457 g/mol. The van der Waals surface area contributed by atoms with Gasteiger partial charge in [-0.25, -0.2) is 22.2 Å². The molecule has 168 valence electrons. The van der Waals surface area contributed by atoms with Crippen LogP contribution >= 0.6 is 11.6 Å². The van der Waals surface area contributed by atoms with E-state index in [1.807, 2.05) is 0 Å². The minimum absolute atomic E-state index is 0.0223. The minimum Gasteiger partial charge on any atom is -0.298 e. The summed E-state index contributed by atoms with van der Waals surface area (Å²) in [5.74, 6) is -0.836. The van der Waals surface area contributed by atoms with Crippen molar-refractivity contribution in [1.29, 1.82) is 0 Å². The van der Waals surface area contributed by atoms with Gasteiger partial charge in [0, 0.05) is 6.04 Å². The van der Waals surface area contributed by atoms with Crippen molar-refractivity contribution in [2.75, 3.05) is 5.43 Å². The van der Waals surface area contributed by atoms with Crippen LogP contribution in [0.1, 0.15) is 34.5 Å². The van der Waals surface area contributed by atoms with Crippen LogP contribution < -0.4 is 15.6 Å². The summed E-state index contributed by atoms with van der Waals surface area (Å²) in [5, 5.41) is 4.45. The number of carbonyl (C=O) groups excluding carboxylic acids is 1. The Hall–Kier alpha value is -2.95. The number of nitrogens with zero attached hydrogens (tertiary/aromatic N) is 2. The highest BCUT2D eigenvalue weighted by molar-refractivity contribution is 7.89. The van der Waals surface area contributed by atoms with Gasteiger partial charge < -0.3 is 0 Å². The third-order valence-electron chi connectivity index (χ3n) is 4.92. The summed E-state index contributed by atoms with van der Waals surface area (Å²) in [6.45, 7) is 1.94. The van der Waals surface area contributed by atoms with Gasteiger partial charge in [0.25, 0.3) is 5.91 Å². The van der Waals surface area contributed by atoms with Gasteiger partial charge in [-0.15, -0.1) is 0 Å². The number of nitrogens with one attached hydrogen (secondary N) is 3. The molecule has 1 saturated carbocycles. The third kappa shape index (κ3) is 5.09. The van der Waals surface area contributed by atoms with Gasteiger partial charge in [0.05, 0.1) is 22.8 Å². The van der Waals surface area contributed by atoms with Crippen LogP contribution in [0.5, 0.6) is 0 Å². The second kappa shape index (κ2) is 8.89. The Labute approximate surface area is 189 Å². The van der Waals surface area contributed by atoms with Gasteiger partial charge in [-0.1, -0.05) is 23.7 Å². The SMILES string of the molecule is Cc1nn(Cc2ccc(F)cc2)c(Cl)c1C(=O)NNc1ccc(S(=O)(=O)NC2CC2)cc1. The number of hydrazine groups is 1. The minimum atomic E-state index is -3.54. The van der Waals surface area contributed by atoms with Crippen molar-refractivity contribution in [3.8, 4) is 0 Å². The summed E-state index contributed by atoms with van der Waals surface area (Å²) in [6, 6.07) is 12.0. The molecule has 0 spiro atoms. The number of hydrogen-bond acceptors (Lipinski definition) is 5. The Morgan fingerprint density at radius 3 is 2.44 bits per heavy atom. The first kappa shape index (κ1) is 22.3. The molecule has 4 rings (SSSR count). The molecule has 3 aromatic rings. The number of hydrogen-bond donors (Lipinski definition) is 3.